The van der Waals surface area contributed by atoms with Gasteiger partial charge in [0.2, 0.25) is 0 Å². The molecule has 0 radical (unpaired) electrons. The summed E-state index contributed by atoms with van der Waals surface area (Å²) >= 11 is 1.61. The fraction of sp³-hybridized carbons (Fsp3) is 0.529. The Kier molecular flexibility index (Phi) is 9.60. The molecule has 0 bridgehead atoms. The van der Waals surface area contributed by atoms with E-state index in [0.717, 1.165) is 48.6 Å². The lowest BCUT2D eigenvalue weighted by atomic mass is 10.1. The predicted octanol–water partition coefficient (Wildman–Crippen LogP) is 3.26. The number of rotatable bonds is 6. The monoisotopic (exact) mass is 420 g/mol. The van der Waals surface area contributed by atoms with Crippen molar-refractivity contribution in [2.45, 2.75) is 32.3 Å². The molecule has 146 valence electrons. The van der Waals surface area contributed by atoms with Gasteiger partial charge in [-0.3, -0.25) is 4.79 Å². The van der Waals surface area contributed by atoms with E-state index in [1.807, 2.05) is 29.5 Å². The van der Waals surface area contributed by atoms with Gasteiger partial charge in [0.25, 0.3) is 5.91 Å². The zero-order valence-electron chi connectivity index (χ0n) is 14.8. The van der Waals surface area contributed by atoms with Crippen LogP contribution in [-0.2, 0) is 4.74 Å². The van der Waals surface area contributed by atoms with E-state index in [9.17, 15) is 4.79 Å². The summed E-state index contributed by atoms with van der Waals surface area (Å²) in [5.41, 5.74) is 7.98. The van der Waals surface area contributed by atoms with Crippen molar-refractivity contribution >= 4 is 42.1 Å². The lowest BCUT2D eigenvalue weighted by Gasteiger charge is -2.31. The number of aromatic amines is 1. The summed E-state index contributed by atoms with van der Waals surface area (Å²) in [4.78, 5) is 22.1. The number of halogens is 2. The first-order valence-corrected chi connectivity index (χ1v) is 9.27. The highest BCUT2D eigenvalue weighted by Crippen LogP contribution is 2.23. The molecule has 0 atom stereocenters. The predicted molar refractivity (Wildman–Crippen MR) is 110 cm³/mol. The molecule has 3 N–H and O–H groups in total. The highest BCUT2D eigenvalue weighted by Gasteiger charge is 2.25. The van der Waals surface area contributed by atoms with Crippen molar-refractivity contribution < 1.29 is 9.53 Å². The van der Waals surface area contributed by atoms with Gasteiger partial charge in [-0.25, -0.2) is 4.98 Å². The highest BCUT2D eigenvalue weighted by molar-refractivity contribution is 7.09. The van der Waals surface area contributed by atoms with Crippen molar-refractivity contribution in [2.75, 3.05) is 26.2 Å². The molecule has 26 heavy (non-hydrogen) atoms. The van der Waals surface area contributed by atoms with Crippen LogP contribution in [0.5, 0.6) is 0 Å². The molecule has 1 saturated heterocycles. The van der Waals surface area contributed by atoms with E-state index in [4.69, 9.17) is 10.5 Å². The number of H-pyrrole nitrogens is 1. The number of nitrogens with one attached hydrogen (secondary N) is 1. The first kappa shape index (κ1) is 22.9. The number of piperidine rings is 1. The van der Waals surface area contributed by atoms with E-state index in [1.54, 1.807) is 11.3 Å². The number of carbonyl (C=O) groups is 1. The number of aryl methyl sites for hydroxylation is 1. The molecule has 0 unspecified atom stereocenters. The average molecular weight is 421 g/mol. The van der Waals surface area contributed by atoms with Crippen molar-refractivity contribution in [3.8, 4) is 11.3 Å². The van der Waals surface area contributed by atoms with Gasteiger partial charge in [0.1, 0.15) is 5.69 Å². The molecular formula is C17H26Cl2N4O2S. The lowest BCUT2D eigenvalue weighted by Crippen LogP contribution is -2.41. The van der Waals surface area contributed by atoms with Gasteiger partial charge in [-0.2, -0.15) is 0 Å². The van der Waals surface area contributed by atoms with E-state index in [-0.39, 0.29) is 36.8 Å². The summed E-state index contributed by atoms with van der Waals surface area (Å²) in [5, 5.41) is 3.03. The van der Waals surface area contributed by atoms with Crippen LogP contribution in [0.1, 0.15) is 34.8 Å². The van der Waals surface area contributed by atoms with Gasteiger partial charge in [0, 0.05) is 36.8 Å². The SMILES string of the molecule is Cc1nc(-c2c[nH]c(C(=O)N3CCC(OCCCN)CC3)c2)cs1.Cl.Cl. The average Bonchev–Trinajstić information content (AvgIpc) is 3.24. The van der Waals surface area contributed by atoms with Crippen LogP contribution in [0.4, 0.5) is 0 Å². The zero-order valence-corrected chi connectivity index (χ0v) is 17.2. The van der Waals surface area contributed by atoms with Crippen LogP contribution in [0.2, 0.25) is 0 Å². The second-order valence-corrected chi connectivity index (χ2v) is 7.12. The van der Waals surface area contributed by atoms with Crippen LogP contribution in [0.25, 0.3) is 11.3 Å². The van der Waals surface area contributed by atoms with Crippen LogP contribution in [0.15, 0.2) is 17.6 Å². The van der Waals surface area contributed by atoms with Crippen molar-refractivity contribution in [3.05, 3.63) is 28.3 Å². The minimum Gasteiger partial charge on any atom is -0.378 e. The molecule has 1 aliphatic rings. The molecule has 0 aliphatic carbocycles. The van der Waals surface area contributed by atoms with E-state index in [2.05, 4.69) is 9.97 Å². The Hall–Kier alpha value is -1.12. The maximum Gasteiger partial charge on any atom is 0.270 e. The van der Waals surface area contributed by atoms with Crippen LogP contribution >= 0.6 is 36.2 Å². The summed E-state index contributed by atoms with van der Waals surface area (Å²) in [6, 6.07) is 1.89. The molecule has 0 aromatic carbocycles. The number of likely N-dealkylation sites (tertiary alicyclic amines) is 1. The summed E-state index contributed by atoms with van der Waals surface area (Å²) < 4.78 is 5.79. The van der Waals surface area contributed by atoms with Crippen molar-refractivity contribution in [3.63, 3.8) is 0 Å². The summed E-state index contributed by atoms with van der Waals surface area (Å²) in [5.74, 6) is 0.0496. The first-order valence-electron chi connectivity index (χ1n) is 8.39. The van der Waals surface area contributed by atoms with E-state index in [0.29, 0.717) is 18.8 Å². The Labute approximate surface area is 170 Å². The fourth-order valence-electron chi connectivity index (χ4n) is 2.89. The number of amides is 1. The van der Waals surface area contributed by atoms with Crippen molar-refractivity contribution in [1.82, 2.24) is 14.9 Å². The third-order valence-electron chi connectivity index (χ3n) is 4.26. The van der Waals surface area contributed by atoms with Crippen LogP contribution in [0, 0.1) is 6.92 Å². The van der Waals surface area contributed by atoms with E-state index < -0.39 is 0 Å². The number of ether oxygens (including phenoxy) is 1. The Morgan fingerprint density at radius 2 is 2.15 bits per heavy atom. The van der Waals surface area contributed by atoms with Crippen LogP contribution < -0.4 is 5.73 Å². The quantitative estimate of drug-likeness (QED) is 0.702. The van der Waals surface area contributed by atoms with Crippen LogP contribution in [-0.4, -0.2) is 53.1 Å². The number of nitrogens with two attached hydrogens (primary N) is 1. The molecule has 3 heterocycles. The Balaban J connectivity index is 0.00000169. The van der Waals surface area contributed by atoms with Crippen molar-refractivity contribution in [1.29, 1.82) is 0 Å². The van der Waals surface area contributed by atoms with E-state index in [1.165, 1.54) is 0 Å². The molecule has 0 spiro atoms. The Morgan fingerprint density at radius 1 is 1.42 bits per heavy atom. The maximum atomic E-state index is 12.6. The molecule has 2 aromatic heterocycles. The fourth-order valence-corrected chi connectivity index (χ4v) is 3.51. The molecule has 0 saturated carbocycles. The normalized spacial score (nSPS) is 14.6. The molecular weight excluding hydrogens is 395 g/mol. The lowest BCUT2D eigenvalue weighted by molar-refractivity contribution is 0.00831. The number of carbonyl (C=O) groups excluding carboxylic acids is 1. The summed E-state index contributed by atoms with van der Waals surface area (Å²) in [7, 11) is 0. The number of hydrogen-bond acceptors (Lipinski definition) is 5. The van der Waals surface area contributed by atoms with Gasteiger partial charge < -0.3 is 20.4 Å². The largest absolute Gasteiger partial charge is 0.378 e. The zero-order chi connectivity index (χ0) is 16.9. The maximum absolute atomic E-state index is 12.6. The number of aromatic nitrogens is 2. The topological polar surface area (TPSA) is 84.2 Å². The van der Waals surface area contributed by atoms with Gasteiger partial charge in [0.05, 0.1) is 16.8 Å². The van der Waals surface area contributed by atoms with Gasteiger partial charge in [-0.15, -0.1) is 36.2 Å². The molecule has 1 amide bonds. The third kappa shape index (κ3) is 5.69. The smallest absolute Gasteiger partial charge is 0.270 e. The number of nitrogens with zero attached hydrogens (tertiary/aromatic N) is 2. The molecule has 1 aliphatic heterocycles. The third-order valence-corrected chi connectivity index (χ3v) is 5.03. The minimum absolute atomic E-state index is 0. The molecule has 9 heteroatoms. The standard InChI is InChI=1S/C17H24N4O2S.2ClH/c1-12-20-16(11-24-12)13-9-15(19-10-13)17(22)21-6-3-14(4-7-21)23-8-2-5-18;;/h9-11,14,19H,2-8,18H2,1H3;2*1H. The minimum atomic E-state index is 0. The molecule has 2 aromatic rings. The molecule has 3 rings (SSSR count). The van der Waals surface area contributed by atoms with Gasteiger partial charge in [-0.05, 0) is 38.8 Å². The van der Waals surface area contributed by atoms with Gasteiger partial charge in [-0.1, -0.05) is 0 Å². The first-order chi connectivity index (χ1) is 11.7. The van der Waals surface area contributed by atoms with Gasteiger partial charge in [0.15, 0.2) is 0 Å². The summed E-state index contributed by atoms with van der Waals surface area (Å²) in [6.07, 6.45) is 4.76. The summed E-state index contributed by atoms with van der Waals surface area (Å²) in [6.45, 7) is 4.81. The number of thiazole rings is 1. The molecule has 1 fully saturated rings. The Bertz CT molecular complexity index is 684. The Morgan fingerprint density at radius 3 is 2.77 bits per heavy atom. The van der Waals surface area contributed by atoms with Crippen molar-refractivity contribution in [2.24, 2.45) is 5.73 Å². The van der Waals surface area contributed by atoms with E-state index >= 15 is 0 Å². The van der Waals surface area contributed by atoms with Crippen LogP contribution in [0.3, 0.4) is 0 Å². The number of hydrogen-bond donors (Lipinski definition) is 2. The second-order valence-electron chi connectivity index (χ2n) is 6.06. The molecule has 6 nitrogen and oxygen atoms in total. The highest BCUT2D eigenvalue weighted by atomic mass is 35.5. The second kappa shape index (κ2) is 10.9. The van der Waals surface area contributed by atoms with Gasteiger partial charge >= 0.3 is 0 Å².